The Morgan fingerprint density at radius 2 is 2.22 bits per heavy atom. The number of hydrogen-bond donors (Lipinski definition) is 1. The third-order valence-electron chi connectivity index (χ3n) is 2.97. The lowest BCUT2D eigenvalue weighted by Gasteiger charge is -2.28. The van der Waals surface area contributed by atoms with Crippen molar-refractivity contribution in [1.82, 2.24) is 4.98 Å². The van der Waals surface area contributed by atoms with Crippen LogP contribution in [0.1, 0.15) is 18.7 Å². The predicted octanol–water partition coefficient (Wildman–Crippen LogP) is 3.59. The molecule has 2 aromatic heterocycles. The van der Waals surface area contributed by atoms with E-state index in [0.29, 0.717) is 0 Å². The summed E-state index contributed by atoms with van der Waals surface area (Å²) in [7, 11) is 1.53. The van der Waals surface area contributed by atoms with E-state index in [2.05, 4.69) is 27.0 Å². The molecule has 0 saturated carbocycles. The Balaban J connectivity index is 2.30. The van der Waals surface area contributed by atoms with Crippen molar-refractivity contribution in [2.75, 3.05) is 7.11 Å². The molecular weight excluding hydrogens is 314 g/mol. The maximum atomic E-state index is 9.84. The van der Waals surface area contributed by atoms with Crippen LogP contribution >= 0.6 is 27.3 Å². The second kappa shape index (κ2) is 5.25. The van der Waals surface area contributed by atoms with Gasteiger partial charge in [0.2, 0.25) is 0 Å². The lowest BCUT2D eigenvalue weighted by atomic mass is 9.88. The Morgan fingerprint density at radius 3 is 2.83 bits per heavy atom. The predicted molar refractivity (Wildman–Crippen MR) is 77.8 cm³/mol. The zero-order valence-electron chi connectivity index (χ0n) is 10.6. The molecule has 0 bridgehead atoms. The molecule has 0 aliphatic rings. The zero-order valence-corrected chi connectivity index (χ0v) is 13.0. The van der Waals surface area contributed by atoms with Gasteiger partial charge in [-0.2, -0.15) is 0 Å². The topological polar surface area (TPSA) is 42.4 Å². The van der Waals surface area contributed by atoms with Gasteiger partial charge < -0.3 is 9.84 Å². The number of thiophene rings is 1. The van der Waals surface area contributed by atoms with Gasteiger partial charge in [0, 0.05) is 39.7 Å². The normalized spacial score (nSPS) is 14.1. The van der Waals surface area contributed by atoms with Crippen molar-refractivity contribution < 1.29 is 9.84 Å². The van der Waals surface area contributed by atoms with Crippen LogP contribution in [0.25, 0.3) is 10.1 Å². The number of rotatable bonds is 4. The van der Waals surface area contributed by atoms with Crippen molar-refractivity contribution >= 4 is 37.4 Å². The molecule has 0 spiro atoms. The van der Waals surface area contributed by atoms with Crippen molar-refractivity contribution in [3.8, 4) is 0 Å². The number of pyridine rings is 1. The number of hydrogen-bond acceptors (Lipinski definition) is 4. The van der Waals surface area contributed by atoms with E-state index >= 15 is 0 Å². The molecule has 2 heterocycles. The van der Waals surface area contributed by atoms with Gasteiger partial charge >= 0.3 is 0 Å². The Bertz CT molecular complexity index is 553. The Labute approximate surface area is 119 Å². The highest BCUT2D eigenvalue weighted by atomic mass is 79.9. The van der Waals surface area contributed by atoms with Gasteiger partial charge in [-0.05, 0) is 28.4 Å². The van der Waals surface area contributed by atoms with Crippen LogP contribution in [0.5, 0.6) is 0 Å². The van der Waals surface area contributed by atoms with Gasteiger partial charge in [-0.15, -0.1) is 11.3 Å². The van der Waals surface area contributed by atoms with E-state index < -0.39 is 6.29 Å². The highest BCUT2D eigenvalue weighted by molar-refractivity contribution is 9.10. The monoisotopic (exact) mass is 329 g/mol. The minimum absolute atomic E-state index is 0.310. The lowest BCUT2D eigenvalue weighted by molar-refractivity contribution is -0.145. The summed E-state index contributed by atoms with van der Waals surface area (Å²) in [5.74, 6) is 0. The average molecular weight is 330 g/mol. The molecule has 1 atom stereocenters. The first-order chi connectivity index (χ1) is 8.44. The molecule has 0 aliphatic heterocycles. The molecule has 98 valence electrons. The smallest absolute Gasteiger partial charge is 0.159 e. The summed E-state index contributed by atoms with van der Waals surface area (Å²) in [4.78, 5) is 5.39. The third kappa shape index (κ3) is 2.74. The summed E-state index contributed by atoms with van der Waals surface area (Å²) in [5.41, 5.74) is -0.310. The van der Waals surface area contributed by atoms with Crippen molar-refractivity contribution in [2.24, 2.45) is 5.41 Å². The number of aliphatic hydroxyl groups is 1. The van der Waals surface area contributed by atoms with Gasteiger partial charge in [0.25, 0.3) is 0 Å². The van der Waals surface area contributed by atoms with E-state index in [1.807, 2.05) is 20.0 Å². The molecule has 0 saturated heterocycles. The molecule has 3 nitrogen and oxygen atoms in total. The van der Waals surface area contributed by atoms with E-state index in [4.69, 9.17) is 4.74 Å². The van der Waals surface area contributed by atoms with Crippen molar-refractivity contribution in [3.05, 3.63) is 27.8 Å². The molecular formula is C13H16BrNO2S. The fourth-order valence-electron chi connectivity index (χ4n) is 1.92. The standard InChI is InChI=1S/C13H16BrNO2S/c1-13(2,12(16)17-3)5-8-4-9-10(14)6-15-7-11(9)18-8/h4,6-7,12,16H,5H2,1-3H3. The van der Waals surface area contributed by atoms with Crippen LogP contribution in [0.4, 0.5) is 0 Å². The van der Waals surface area contributed by atoms with Crippen LogP contribution in [0.3, 0.4) is 0 Å². The fourth-order valence-corrected chi connectivity index (χ4v) is 3.80. The van der Waals surface area contributed by atoms with Crippen LogP contribution in [0, 0.1) is 5.41 Å². The average Bonchev–Trinajstić information content (AvgIpc) is 2.71. The van der Waals surface area contributed by atoms with Crippen LogP contribution in [-0.2, 0) is 11.2 Å². The van der Waals surface area contributed by atoms with E-state index in [0.717, 1.165) is 15.6 Å². The van der Waals surface area contributed by atoms with Gasteiger partial charge in [-0.1, -0.05) is 13.8 Å². The highest BCUT2D eigenvalue weighted by Gasteiger charge is 2.28. The number of aromatic nitrogens is 1. The second-order valence-electron chi connectivity index (χ2n) is 5.00. The summed E-state index contributed by atoms with van der Waals surface area (Å²) in [5, 5.41) is 11.0. The van der Waals surface area contributed by atoms with Gasteiger partial charge in [0.15, 0.2) is 6.29 Å². The molecule has 2 aromatic rings. The van der Waals surface area contributed by atoms with Crippen molar-refractivity contribution in [1.29, 1.82) is 0 Å². The highest BCUT2D eigenvalue weighted by Crippen LogP contribution is 2.35. The third-order valence-corrected chi connectivity index (χ3v) is 4.67. The minimum atomic E-state index is -0.760. The van der Waals surface area contributed by atoms with Crippen molar-refractivity contribution in [2.45, 2.75) is 26.6 Å². The van der Waals surface area contributed by atoms with Crippen LogP contribution in [0.15, 0.2) is 22.9 Å². The number of fused-ring (bicyclic) bond motifs is 1. The summed E-state index contributed by atoms with van der Waals surface area (Å²) >= 11 is 5.21. The fraction of sp³-hybridized carbons (Fsp3) is 0.462. The Morgan fingerprint density at radius 1 is 1.50 bits per heavy atom. The molecule has 2 rings (SSSR count). The maximum absolute atomic E-state index is 9.84. The number of halogens is 1. The zero-order chi connectivity index (χ0) is 13.3. The SMILES string of the molecule is COC(O)C(C)(C)Cc1cc2c(Br)cncc2s1. The first-order valence-corrected chi connectivity index (χ1v) is 7.28. The quantitative estimate of drug-likeness (QED) is 0.871. The minimum Gasteiger partial charge on any atom is -0.368 e. The number of nitrogens with zero attached hydrogens (tertiary/aromatic N) is 1. The number of ether oxygens (including phenoxy) is 1. The second-order valence-corrected chi connectivity index (χ2v) is 7.02. The number of aliphatic hydroxyl groups excluding tert-OH is 1. The molecule has 18 heavy (non-hydrogen) atoms. The van der Waals surface area contributed by atoms with Crippen LogP contribution in [-0.4, -0.2) is 23.5 Å². The first kappa shape index (κ1) is 13.9. The molecule has 0 amide bonds. The van der Waals surface area contributed by atoms with Gasteiger partial charge in [-0.25, -0.2) is 0 Å². The summed E-state index contributed by atoms with van der Waals surface area (Å²) in [6.07, 6.45) is 3.68. The lowest BCUT2D eigenvalue weighted by Crippen LogP contribution is -2.32. The molecule has 0 aromatic carbocycles. The number of methoxy groups -OCH3 is 1. The van der Waals surface area contributed by atoms with E-state index in [9.17, 15) is 5.11 Å². The van der Waals surface area contributed by atoms with Gasteiger partial charge in [0.05, 0.1) is 4.70 Å². The summed E-state index contributed by atoms with van der Waals surface area (Å²) in [6, 6.07) is 2.15. The molecule has 1 N–H and O–H groups in total. The maximum Gasteiger partial charge on any atom is 0.159 e. The van der Waals surface area contributed by atoms with E-state index in [1.54, 1.807) is 17.5 Å². The van der Waals surface area contributed by atoms with Gasteiger partial charge in [0.1, 0.15) is 0 Å². The van der Waals surface area contributed by atoms with Crippen LogP contribution < -0.4 is 0 Å². The summed E-state index contributed by atoms with van der Waals surface area (Å²) in [6.45, 7) is 4.00. The molecule has 5 heteroatoms. The van der Waals surface area contributed by atoms with E-state index in [1.165, 1.54) is 17.4 Å². The molecule has 0 fully saturated rings. The largest absolute Gasteiger partial charge is 0.368 e. The van der Waals surface area contributed by atoms with E-state index in [-0.39, 0.29) is 5.41 Å². The first-order valence-electron chi connectivity index (χ1n) is 5.67. The Kier molecular flexibility index (Phi) is 4.06. The molecule has 0 radical (unpaired) electrons. The Hall–Kier alpha value is -0.490. The summed E-state index contributed by atoms with van der Waals surface area (Å²) < 4.78 is 7.19. The van der Waals surface area contributed by atoms with Crippen LogP contribution in [0.2, 0.25) is 0 Å². The van der Waals surface area contributed by atoms with Gasteiger partial charge in [-0.3, -0.25) is 4.98 Å². The molecule has 1 unspecified atom stereocenters. The van der Waals surface area contributed by atoms with Crippen molar-refractivity contribution in [3.63, 3.8) is 0 Å². The molecule has 0 aliphatic carbocycles.